The van der Waals surface area contributed by atoms with Gasteiger partial charge in [-0.3, -0.25) is 0 Å². The molecule has 0 spiro atoms. The minimum Gasteiger partial charge on any atom is -0.446 e. The third-order valence-electron chi connectivity index (χ3n) is 1.93. The lowest BCUT2D eigenvalue weighted by Crippen LogP contribution is -2.31. The topological polar surface area (TPSA) is 79.5 Å². The van der Waals surface area contributed by atoms with E-state index < -0.39 is 10.0 Å². The highest BCUT2D eigenvalue weighted by Gasteiger charge is 2.20. The van der Waals surface area contributed by atoms with Crippen molar-refractivity contribution in [2.75, 3.05) is 0 Å². The monoisotopic (exact) mass is 245 g/mol. The van der Waals surface area contributed by atoms with E-state index in [-0.39, 0.29) is 23.5 Å². The highest BCUT2D eigenvalue weighted by Crippen LogP contribution is 2.14. The van der Waals surface area contributed by atoms with Crippen molar-refractivity contribution in [3.63, 3.8) is 0 Å². The summed E-state index contributed by atoms with van der Waals surface area (Å²) in [6.07, 6.45) is 2.17. The molecular weight excluding hydrogens is 230 g/mol. The summed E-state index contributed by atoms with van der Waals surface area (Å²) in [6, 6.07) is 2.49. The van der Waals surface area contributed by atoms with Gasteiger partial charge in [0.1, 0.15) is 12.4 Å². The number of hydrogen-bond acceptors (Lipinski definition) is 4. The zero-order chi connectivity index (χ0) is 12.2. The summed E-state index contributed by atoms with van der Waals surface area (Å²) in [4.78, 5) is 0. The van der Waals surface area contributed by atoms with Crippen molar-refractivity contribution in [1.29, 1.82) is 0 Å². The second-order valence-corrected chi connectivity index (χ2v) is 5.07. The van der Waals surface area contributed by atoms with E-state index in [0.29, 0.717) is 6.42 Å². The van der Waals surface area contributed by atoms with Gasteiger partial charge in [-0.15, -0.1) is 6.58 Å². The number of aliphatic hydroxyl groups is 1. The fraction of sp³-hybridized carbons (Fsp3) is 0.400. The molecule has 16 heavy (non-hydrogen) atoms. The summed E-state index contributed by atoms with van der Waals surface area (Å²) in [5.74, 6) is 0.219. The SMILES string of the molecule is C=CCC(C)NS(=O)(=O)c1ccc(CO)o1. The largest absolute Gasteiger partial charge is 0.446 e. The van der Waals surface area contributed by atoms with E-state index >= 15 is 0 Å². The Balaban J connectivity index is 2.81. The first-order valence-corrected chi connectivity index (χ1v) is 6.30. The van der Waals surface area contributed by atoms with E-state index in [9.17, 15) is 8.42 Å². The summed E-state index contributed by atoms with van der Waals surface area (Å²) < 4.78 is 30.8. The molecule has 0 saturated heterocycles. The third-order valence-corrected chi connectivity index (χ3v) is 3.40. The highest BCUT2D eigenvalue weighted by molar-refractivity contribution is 7.89. The van der Waals surface area contributed by atoms with Crippen LogP contribution in [-0.2, 0) is 16.6 Å². The Morgan fingerprint density at radius 3 is 2.81 bits per heavy atom. The van der Waals surface area contributed by atoms with Crippen LogP contribution < -0.4 is 4.72 Å². The molecule has 0 aromatic carbocycles. The van der Waals surface area contributed by atoms with Gasteiger partial charge in [-0.25, -0.2) is 13.1 Å². The third kappa shape index (κ3) is 3.19. The summed E-state index contributed by atoms with van der Waals surface area (Å²) in [7, 11) is -3.65. The first-order chi connectivity index (χ1) is 7.49. The van der Waals surface area contributed by atoms with Gasteiger partial charge in [0, 0.05) is 6.04 Å². The molecule has 0 radical (unpaired) electrons. The Morgan fingerprint density at radius 2 is 2.31 bits per heavy atom. The molecule has 1 aromatic rings. The number of hydrogen-bond donors (Lipinski definition) is 2. The molecule has 1 rings (SSSR count). The number of nitrogens with one attached hydrogen (secondary N) is 1. The van der Waals surface area contributed by atoms with E-state index in [1.807, 2.05) is 0 Å². The van der Waals surface area contributed by atoms with Crippen LogP contribution in [0.3, 0.4) is 0 Å². The minimum absolute atomic E-state index is 0.188. The molecule has 0 saturated carbocycles. The molecule has 0 aliphatic carbocycles. The molecule has 0 fully saturated rings. The fourth-order valence-electron chi connectivity index (χ4n) is 1.21. The molecule has 0 aliphatic rings. The Morgan fingerprint density at radius 1 is 1.62 bits per heavy atom. The average Bonchev–Trinajstić information content (AvgIpc) is 2.65. The van der Waals surface area contributed by atoms with Crippen molar-refractivity contribution in [2.45, 2.75) is 31.1 Å². The summed E-state index contributed by atoms with van der Waals surface area (Å²) >= 11 is 0. The summed E-state index contributed by atoms with van der Waals surface area (Å²) in [5, 5.41) is 8.57. The molecule has 0 aliphatic heterocycles. The van der Waals surface area contributed by atoms with Gasteiger partial charge < -0.3 is 9.52 Å². The van der Waals surface area contributed by atoms with Crippen molar-refractivity contribution >= 4 is 10.0 Å². The van der Waals surface area contributed by atoms with Crippen LogP contribution in [-0.4, -0.2) is 19.6 Å². The molecule has 1 heterocycles. The van der Waals surface area contributed by atoms with Crippen molar-refractivity contribution < 1.29 is 17.9 Å². The molecule has 1 aromatic heterocycles. The van der Waals surface area contributed by atoms with Gasteiger partial charge in [0.25, 0.3) is 10.0 Å². The molecule has 0 bridgehead atoms. The van der Waals surface area contributed by atoms with Crippen molar-refractivity contribution in [1.82, 2.24) is 4.72 Å². The molecule has 1 atom stereocenters. The zero-order valence-electron chi connectivity index (χ0n) is 9.01. The lowest BCUT2D eigenvalue weighted by atomic mass is 10.3. The van der Waals surface area contributed by atoms with Gasteiger partial charge in [0.2, 0.25) is 5.09 Å². The average molecular weight is 245 g/mol. The molecule has 1 unspecified atom stereocenters. The molecule has 6 heteroatoms. The van der Waals surface area contributed by atoms with Gasteiger partial charge in [0.15, 0.2) is 0 Å². The predicted octanol–water partition coefficient (Wildman–Crippen LogP) is 1.01. The van der Waals surface area contributed by atoms with Crippen LogP contribution in [0.15, 0.2) is 34.3 Å². The number of furan rings is 1. The van der Waals surface area contributed by atoms with E-state index in [1.54, 1.807) is 13.0 Å². The standard InChI is InChI=1S/C10H15NO4S/c1-3-4-8(2)11-16(13,14)10-6-5-9(7-12)15-10/h3,5-6,8,11-12H,1,4,7H2,2H3. The van der Waals surface area contributed by atoms with Crippen LogP contribution in [0.25, 0.3) is 0 Å². The number of rotatable bonds is 6. The summed E-state index contributed by atoms with van der Waals surface area (Å²) in [6.45, 7) is 4.94. The van der Waals surface area contributed by atoms with E-state index in [2.05, 4.69) is 11.3 Å². The van der Waals surface area contributed by atoms with E-state index in [0.717, 1.165) is 0 Å². The van der Waals surface area contributed by atoms with Crippen LogP contribution in [0.1, 0.15) is 19.1 Å². The van der Waals surface area contributed by atoms with Gasteiger partial charge >= 0.3 is 0 Å². The Bertz CT molecular complexity index is 449. The first kappa shape index (κ1) is 13.0. The van der Waals surface area contributed by atoms with Crippen molar-refractivity contribution in [3.8, 4) is 0 Å². The van der Waals surface area contributed by atoms with Gasteiger partial charge in [-0.05, 0) is 25.5 Å². The van der Waals surface area contributed by atoms with Crippen LogP contribution in [0.2, 0.25) is 0 Å². The van der Waals surface area contributed by atoms with Gasteiger partial charge in [-0.2, -0.15) is 0 Å². The van der Waals surface area contributed by atoms with Crippen molar-refractivity contribution in [2.24, 2.45) is 0 Å². The molecule has 0 amide bonds. The van der Waals surface area contributed by atoms with Crippen LogP contribution in [0.4, 0.5) is 0 Å². The maximum absolute atomic E-state index is 11.7. The normalized spacial score (nSPS) is 13.6. The maximum atomic E-state index is 11.7. The maximum Gasteiger partial charge on any atom is 0.274 e. The molecular formula is C10H15NO4S. The minimum atomic E-state index is -3.65. The predicted molar refractivity (Wildman–Crippen MR) is 59.2 cm³/mol. The Hall–Kier alpha value is -1.11. The van der Waals surface area contributed by atoms with Gasteiger partial charge in [-0.1, -0.05) is 6.08 Å². The van der Waals surface area contributed by atoms with Crippen LogP contribution in [0, 0.1) is 0 Å². The second-order valence-electron chi connectivity index (χ2n) is 3.43. The fourth-order valence-corrected chi connectivity index (χ4v) is 2.41. The van der Waals surface area contributed by atoms with Gasteiger partial charge in [0.05, 0.1) is 0 Å². The van der Waals surface area contributed by atoms with Crippen LogP contribution >= 0.6 is 0 Å². The quantitative estimate of drug-likeness (QED) is 0.733. The number of sulfonamides is 1. The smallest absolute Gasteiger partial charge is 0.274 e. The zero-order valence-corrected chi connectivity index (χ0v) is 9.83. The van der Waals surface area contributed by atoms with E-state index in [1.165, 1.54) is 12.1 Å². The highest BCUT2D eigenvalue weighted by atomic mass is 32.2. The second kappa shape index (κ2) is 5.29. The Kier molecular flexibility index (Phi) is 4.28. The first-order valence-electron chi connectivity index (χ1n) is 4.82. The van der Waals surface area contributed by atoms with E-state index in [4.69, 9.17) is 9.52 Å². The lowest BCUT2D eigenvalue weighted by Gasteiger charge is -2.10. The van der Waals surface area contributed by atoms with Crippen molar-refractivity contribution in [3.05, 3.63) is 30.5 Å². The summed E-state index contributed by atoms with van der Waals surface area (Å²) in [5.41, 5.74) is 0. The molecule has 2 N–H and O–H groups in total. The Labute approximate surface area is 94.8 Å². The van der Waals surface area contributed by atoms with Crippen LogP contribution in [0.5, 0.6) is 0 Å². The number of aliphatic hydroxyl groups excluding tert-OH is 1. The molecule has 5 nitrogen and oxygen atoms in total. The molecule has 90 valence electrons. The lowest BCUT2D eigenvalue weighted by molar-refractivity contribution is 0.236.